The van der Waals surface area contributed by atoms with Crippen LogP contribution in [0.25, 0.3) is 16.3 Å². The maximum Gasteiger partial charge on any atom is 0.350 e. The SMILES string of the molecule is COC(=O)c1sc2nc(CN(C)Cc3cc(C)no3)ccc2c1NC(=O)C=Cc1cccc(F)c1. The van der Waals surface area contributed by atoms with Crippen molar-refractivity contribution in [2.24, 2.45) is 0 Å². The summed E-state index contributed by atoms with van der Waals surface area (Å²) in [7, 11) is 3.22. The van der Waals surface area contributed by atoms with Crippen molar-refractivity contribution >= 4 is 45.2 Å². The first-order valence-corrected chi connectivity index (χ1v) is 11.5. The molecule has 0 saturated carbocycles. The van der Waals surface area contributed by atoms with Gasteiger partial charge in [-0.1, -0.05) is 17.3 Å². The monoisotopic (exact) mass is 494 g/mol. The molecule has 0 fully saturated rings. The van der Waals surface area contributed by atoms with Crippen LogP contribution in [0.1, 0.15) is 32.4 Å². The molecule has 0 radical (unpaired) electrons. The van der Waals surface area contributed by atoms with E-state index >= 15 is 0 Å². The molecule has 8 nitrogen and oxygen atoms in total. The molecule has 180 valence electrons. The standard InChI is InChI=1S/C25H23FN4O4S/c1-15-11-19(34-29-15)14-30(2)13-18-8-9-20-22(23(25(32)33-3)35-24(20)27-18)28-21(31)10-7-16-5-4-6-17(26)12-16/h4-12H,13-14H2,1-3H3,(H,28,31). The van der Waals surface area contributed by atoms with E-state index in [1.165, 1.54) is 31.4 Å². The topological polar surface area (TPSA) is 97.6 Å². The minimum absolute atomic E-state index is 0.241. The van der Waals surface area contributed by atoms with Crippen LogP contribution in [0.4, 0.5) is 10.1 Å². The van der Waals surface area contributed by atoms with Crippen LogP contribution in [0.3, 0.4) is 0 Å². The van der Waals surface area contributed by atoms with E-state index in [1.54, 1.807) is 12.1 Å². The summed E-state index contributed by atoms with van der Waals surface area (Å²) in [4.78, 5) is 32.5. The highest BCUT2D eigenvalue weighted by Crippen LogP contribution is 2.35. The number of carbonyl (C=O) groups is 2. The van der Waals surface area contributed by atoms with Crippen LogP contribution in [-0.4, -0.2) is 41.1 Å². The van der Waals surface area contributed by atoms with E-state index in [4.69, 9.17) is 9.26 Å². The van der Waals surface area contributed by atoms with E-state index in [-0.39, 0.29) is 4.88 Å². The third-order valence-corrected chi connectivity index (χ3v) is 6.12. The number of halogens is 1. The number of ether oxygens (including phenoxy) is 1. The number of fused-ring (bicyclic) bond motifs is 1. The predicted octanol–water partition coefficient (Wildman–Crippen LogP) is 4.80. The molecule has 0 aliphatic rings. The summed E-state index contributed by atoms with van der Waals surface area (Å²) >= 11 is 1.14. The number of anilines is 1. The van der Waals surface area contributed by atoms with Gasteiger partial charge in [0.05, 0.1) is 30.7 Å². The van der Waals surface area contributed by atoms with Gasteiger partial charge in [-0.2, -0.15) is 0 Å². The van der Waals surface area contributed by atoms with Gasteiger partial charge < -0.3 is 14.6 Å². The van der Waals surface area contributed by atoms with E-state index in [2.05, 4.69) is 15.5 Å². The smallest absolute Gasteiger partial charge is 0.350 e. The van der Waals surface area contributed by atoms with Gasteiger partial charge in [0.2, 0.25) is 5.91 Å². The summed E-state index contributed by atoms with van der Waals surface area (Å²) in [5.41, 5.74) is 2.48. The molecule has 0 aliphatic carbocycles. The number of nitrogens with zero attached hydrogens (tertiary/aromatic N) is 3. The summed E-state index contributed by atoms with van der Waals surface area (Å²) in [6, 6.07) is 11.4. The lowest BCUT2D eigenvalue weighted by Crippen LogP contribution is -2.17. The Labute approximate surface area is 205 Å². The number of methoxy groups -OCH3 is 1. The summed E-state index contributed by atoms with van der Waals surface area (Å²) in [6.07, 6.45) is 2.77. The lowest BCUT2D eigenvalue weighted by atomic mass is 10.2. The molecule has 10 heteroatoms. The van der Waals surface area contributed by atoms with Crippen molar-refractivity contribution in [2.45, 2.75) is 20.0 Å². The average Bonchev–Trinajstić information content (AvgIpc) is 3.39. The van der Waals surface area contributed by atoms with Crippen LogP contribution in [0.2, 0.25) is 0 Å². The van der Waals surface area contributed by atoms with E-state index in [9.17, 15) is 14.0 Å². The van der Waals surface area contributed by atoms with Crippen molar-refractivity contribution < 1.29 is 23.2 Å². The number of thiophene rings is 1. The first-order chi connectivity index (χ1) is 16.8. The fourth-order valence-corrected chi connectivity index (χ4v) is 4.57. The molecular formula is C25H23FN4O4S. The summed E-state index contributed by atoms with van der Waals surface area (Å²) in [5, 5.41) is 7.27. The van der Waals surface area contributed by atoms with Gasteiger partial charge in [-0.05, 0) is 49.9 Å². The van der Waals surface area contributed by atoms with Gasteiger partial charge in [-0.25, -0.2) is 14.2 Å². The molecule has 0 aliphatic heterocycles. The van der Waals surface area contributed by atoms with E-state index in [0.29, 0.717) is 34.6 Å². The van der Waals surface area contributed by atoms with Crippen molar-refractivity contribution in [2.75, 3.05) is 19.5 Å². The molecular weight excluding hydrogens is 471 g/mol. The van der Waals surface area contributed by atoms with Crippen LogP contribution in [0.5, 0.6) is 0 Å². The lowest BCUT2D eigenvalue weighted by Gasteiger charge is -2.14. The highest BCUT2D eigenvalue weighted by Gasteiger charge is 2.21. The van der Waals surface area contributed by atoms with Crippen molar-refractivity contribution in [3.8, 4) is 0 Å². The highest BCUT2D eigenvalue weighted by molar-refractivity contribution is 7.21. The average molecular weight is 495 g/mol. The van der Waals surface area contributed by atoms with E-state index < -0.39 is 17.7 Å². The number of benzene rings is 1. The van der Waals surface area contributed by atoms with Crippen LogP contribution < -0.4 is 5.32 Å². The van der Waals surface area contributed by atoms with E-state index in [1.807, 2.05) is 37.1 Å². The number of pyridine rings is 1. The molecule has 1 amide bonds. The van der Waals surface area contributed by atoms with Crippen molar-refractivity contribution in [1.82, 2.24) is 15.0 Å². The van der Waals surface area contributed by atoms with Crippen LogP contribution >= 0.6 is 11.3 Å². The molecule has 0 spiro atoms. The minimum atomic E-state index is -0.572. The second kappa shape index (κ2) is 10.6. The number of hydrogen-bond acceptors (Lipinski definition) is 8. The lowest BCUT2D eigenvalue weighted by molar-refractivity contribution is -0.111. The Bertz CT molecular complexity index is 1410. The number of rotatable bonds is 8. The first kappa shape index (κ1) is 24.2. The second-order valence-electron chi connectivity index (χ2n) is 7.94. The Kier molecular flexibility index (Phi) is 7.33. The predicted molar refractivity (Wildman–Crippen MR) is 131 cm³/mol. The number of aromatic nitrogens is 2. The summed E-state index contributed by atoms with van der Waals surface area (Å²) in [5.74, 6) is -0.679. The zero-order chi connectivity index (χ0) is 24.9. The zero-order valence-electron chi connectivity index (χ0n) is 19.4. The fourth-order valence-electron chi connectivity index (χ4n) is 3.50. The van der Waals surface area contributed by atoms with Crippen molar-refractivity contribution in [3.05, 3.63) is 81.9 Å². The number of amides is 1. The molecule has 4 rings (SSSR count). The third kappa shape index (κ3) is 5.97. The quantitative estimate of drug-likeness (QED) is 0.277. The Hall–Kier alpha value is -3.89. The van der Waals surface area contributed by atoms with E-state index in [0.717, 1.165) is 28.5 Å². The molecule has 1 aromatic carbocycles. The molecule has 0 bridgehead atoms. The second-order valence-corrected chi connectivity index (χ2v) is 8.94. The highest BCUT2D eigenvalue weighted by atomic mass is 32.1. The molecule has 3 aromatic heterocycles. The minimum Gasteiger partial charge on any atom is -0.465 e. The summed E-state index contributed by atoms with van der Waals surface area (Å²) < 4.78 is 23.5. The normalized spacial score (nSPS) is 11.5. The molecule has 1 N–H and O–H groups in total. The Morgan fingerprint density at radius 1 is 1.23 bits per heavy atom. The first-order valence-electron chi connectivity index (χ1n) is 10.7. The number of aryl methyl sites for hydroxylation is 1. The third-order valence-electron chi connectivity index (χ3n) is 5.04. The molecule has 0 saturated heterocycles. The van der Waals surface area contributed by atoms with Gasteiger partial charge in [0.25, 0.3) is 0 Å². The Balaban J connectivity index is 1.55. The molecule has 4 aromatic rings. The van der Waals surface area contributed by atoms with Crippen LogP contribution in [-0.2, 0) is 22.6 Å². The van der Waals surface area contributed by atoms with Crippen molar-refractivity contribution in [3.63, 3.8) is 0 Å². The van der Waals surface area contributed by atoms with Gasteiger partial charge in [0, 0.05) is 24.1 Å². The molecule has 35 heavy (non-hydrogen) atoms. The number of carbonyl (C=O) groups excluding carboxylic acids is 2. The molecule has 0 unspecified atom stereocenters. The molecule has 0 atom stereocenters. The van der Waals surface area contributed by atoms with Crippen LogP contribution in [0, 0.1) is 12.7 Å². The maximum atomic E-state index is 13.4. The number of esters is 1. The largest absolute Gasteiger partial charge is 0.465 e. The van der Waals surface area contributed by atoms with Gasteiger partial charge in [-0.3, -0.25) is 9.69 Å². The zero-order valence-corrected chi connectivity index (χ0v) is 20.2. The number of nitrogens with one attached hydrogen (secondary N) is 1. The Morgan fingerprint density at radius 3 is 2.77 bits per heavy atom. The van der Waals surface area contributed by atoms with Gasteiger partial charge in [0.1, 0.15) is 15.5 Å². The summed E-state index contributed by atoms with van der Waals surface area (Å²) in [6.45, 7) is 2.97. The Morgan fingerprint density at radius 2 is 2.06 bits per heavy atom. The van der Waals surface area contributed by atoms with Gasteiger partial charge >= 0.3 is 5.97 Å². The van der Waals surface area contributed by atoms with Gasteiger partial charge in [0.15, 0.2) is 5.76 Å². The molecule has 3 heterocycles. The number of hydrogen-bond donors (Lipinski definition) is 1. The van der Waals surface area contributed by atoms with Crippen molar-refractivity contribution in [1.29, 1.82) is 0 Å². The van der Waals surface area contributed by atoms with Gasteiger partial charge in [-0.15, -0.1) is 11.3 Å². The van der Waals surface area contributed by atoms with Crippen LogP contribution in [0.15, 0.2) is 53.1 Å². The fraction of sp³-hybridized carbons (Fsp3) is 0.200. The maximum absolute atomic E-state index is 13.4.